The smallest absolute Gasteiger partial charge is 0.312 e. The quantitative estimate of drug-likeness (QED) is 0.758. The fourth-order valence-electron chi connectivity index (χ4n) is 4.32. The molecule has 0 spiro atoms. The Balaban J connectivity index is 1.52. The van der Waals surface area contributed by atoms with Crippen LogP contribution in [0.15, 0.2) is 0 Å². The van der Waals surface area contributed by atoms with Crippen LogP contribution in [0.3, 0.4) is 0 Å². The fraction of sp³-hybridized carbons (Fsp3) is 0.929. The maximum atomic E-state index is 11.6. The van der Waals surface area contributed by atoms with Gasteiger partial charge >= 0.3 is 5.97 Å². The van der Waals surface area contributed by atoms with E-state index in [4.69, 9.17) is 4.74 Å². The molecule has 0 aromatic rings. The van der Waals surface area contributed by atoms with E-state index < -0.39 is 5.41 Å². The summed E-state index contributed by atoms with van der Waals surface area (Å²) in [5, 5.41) is 3.61. The summed E-state index contributed by atoms with van der Waals surface area (Å²) in [6, 6.07) is 0.699. The van der Waals surface area contributed by atoms with Crippen LogP contribution in [0.5, 0.6) is 0 Å². The Labute approximate surface area is 103 Å². The van der Waals surface area contributed by atoms with Crippen molar-refractivity contribution >= 4 is 5.97 Å². The van der Waals surface area contributed by atoms with E-state index in [1.165, 1.54) is 26.4 Å². The predicted octanol–water partition coefficient (Wildman–Crippen LogP) is 1.82. The van der Waals surface area contributed by atoms with Crippen LogP contribution in [-0.4, -0.2) is 25.7 Å². The van der Waals surface area contributed by atoms with Crippen molar-refractivity contribution in [2.24, 2.45) is 29.1 Å². The summed E-state index contributed by atoms with van der Waals surface area (Å²) in [5.41, 5.74) is -0.398. The van der Waals surface area contributed by atoms with Crippen molar-refractivity contribution in [3.8, 4) is 0 Å². The molecule has 3 saturated carbocycles. The van der Waals surface area contributed by atoms with Gasteiger partial charge < -0.3 is 10.1 Å². The van der Waals surface area contributed by atoms with Crippen LogP contribution in [-0.2, 0) is 9.53 Å². The highest BCUT2D eigenvalue weighted by atomic mass is 16.5. The van der Waals surface area contributed by atoms with Gasteiger partial charge in [0.15, 0.2) is 0 Å². The van der Waals surface area contributed by atoms with Crippen LogP contribution in [0.4, 0.5) is 0 Å². The minimum absolute atomic E-state index is 0.112. The van der Waals surface area contributed by atoms with E-state index in [0.717, 1.165) is 30.2 Å². The third kappa shape index (κ3) is 1.70. The number of nitrogens with one attached hydrogen (secondary N) is 1. The lowest BCUT2D eigenvalue weighted by atomic mass is 9.93. The molecule has 3 fully saturated rings. The molecule has 4 unspecified atom stereocenters. The van der Waals surface area contributed by atoms with Crippen molar-refractivity contribution in [3.05, 3.63) is 0 Å². The molecule has 2 bridgehead atoms. The number of ether oxygens (including phenoxy) is 1. The Kier molecular flexibility index (Phi) is 2.51. The van der Waals surface area contributed by atoms with Crippen LogP contribution < -0.4 is 5.32 Å². The van der Waals surface area contributed by atoms with E-state index in [1.54, 1.807) is 0 Å². The zero-order valence-electron chi connectivity index (χ0n) is 11.0. The standard InChI is InChI=1S/C14H23NO2/c1-14(2,13(16)17-3)7-15-12-10-8-4-5-9(6-8)11(10)12/h8-12,15H,4-7H2,1-3H3. The van der Waals surface area contributed by atoms with E-state index in [9.17, 15) is 4.79 Å². The molecule has 3 rings (SSSR count). The topological polar surface area (TPSA) is 38.3 Å². The molecular weight excluding hydrogens is 214 g/mol. The van der Waals surface area contributed by atoms with Crippen LogP contribution in [0.1, 0.15) is 33.1 Å². The summed E-state index contributed by atoms with van der Waals surface area (Å²) in [7, 11) is 1.47. The Morgan fingerprint density at radius 2 is 1.88 bits per heavy atom. The van der Waals surface area contributed by atoms with E-state index in [-0.39, 0.29) is 5.97 Å². The highest BCUT2D eigenvalue weighted by Crippen LogP contribution is 2.65. The van der Waals surface area contributed by atoms with Gasteiger partial charge in [-0.05, 0) is 56.8 Å². The second-order valence-corrected chi connectivity index (χ2v) is 6.77. The normalized spacial score (nSPS) is 42.4. The number of rotatable bonds is 4. The molecule has 3 aliphatic rings. The van der Waals surface area contributed by atoms with E-state index in [0.29, 0.717) is 6.04 Å². The second-order valence-electron chi connectivity index (χ2n) is 6.77. The van der Waals surface area contributed by atoms with E-state index in [2.05, 4.69) is 5.32 Å². The van der Waals surface area contributed by atoms with Gasteiger partial charge in [-0.3, -0.25) is 4.79 Å². The number of carbonyl (C=O) groups excluding carboxylic acids is 1. The number of hydrogen-bond acceptors (Lipinski definition) is 3. The zero-order chi connectivity index (χ0) is 12.2. The third-order valence-electron chi connectivity index (χ3n) is 5.25. The van der Waals surface area contributed by atoms with Gasteiger partial charge in [0.05, 0.1) is 12.5 Å². The van der Waals surface area contributed by atoms with Crippen LogP contribution >= 0.6 is 0 Å². The molecule has 3 nitrogen and oxygen atoms in total. The molecule has 17 heavy (non-hydrogen) atoms. The molecule has 0 amide bonds. The summed E-state index contributed by atoms with van der Waals surface area (Å²) in [6.07, 6.45) is 4.38. The Morgan fingerprint density at radius 3 is 2.41 bits per heavy atom. The second kappa shape index (κ2) is 3.71. The molecular formula is C14H23NO2. The summed E-state index contributed by atoms with van der Waals surface area (Å²) in [4.78, 5) is 11.6. The maximum absolute atomic E-state index is 11.6. The van der Waals surface area contributed by atoms with Crippen molar-refractivity contribution in [1.82, 2.24) is 5.32 Å². The van der Waals surface area contributed by atoms with Crippen molar-refractivity contribution in [3.63, 3.8) is 0 Å². The highest BCUT2D eigenvalue weighted by molar-refractivity contribution is 5.76. The van der Waals surface area contributed by atoms with Crippen molar-refractivity contribution in [2.45, 2.75) is 39.2 Å². The summed E-state index contributed by atoms with van der Waals surface area (Å²) < 4.78 is 4.84. The Morgan fingerprint density at radius 1 is 1.29 bits per heavy atom. The van der Waals surface area contributed by atoms with Gasteiger partial charge in [-0.1, -0.05) is 0 Å². The molecule has 3 aliphatic carbocycles. The van der Waals surface area contributed by atoms with Gasteiger partial charge in [-0.25, -0.2) is 0 Å². The van der Waals surface area contributed by atoms with Gasteiger partial charge in [0.25, 0.3) is 0 Å². The Hall–Kier alpha value is -0.570. The molecule has 0 radical (unpaired) electrons. The van der Waals surface area contributed by atoms with Crippen LogP contribution in [0, 0.1) is 29.1 Å². The first-order valence-corrected chi connectivity index (χ1v) is 6.86. The van der Waals surface area contributed by atoms with Gasteiger partial charge in [0.2, 0.25) is 0 Å². The van der Waals surface area contributed by atoms with Gasteiger partial charge in [-0.2, -0.15) is 0 Å². The first kappa shape index (κ1) is 11.5. The number of methoxy groups -OCH3 is 1. The molecule has 96 valence electrons. The number of hydrogen-bond donors (Lipinski definition) is 1. The highest BCUT2D eigenvalue weighted by Gasteiger charge is 2.64. The zero-order valence-corrected chi connectivity index (χ0v) is 11.0. The largest absolute Gasteiger partial charge is 0.469 e. The monoisotopic (exact) mass is 237 g/mol. The SMILES string of the molecule is COC(=O)C(C)(C)CNC1C2C3CCC(C3)C12. The van der Waals surface area contributed by atoms with Crippen molar-refractivity contribution in [1.29, 1.82) is 0 Å². The number of esters is 1. The van der Waals surface area contributed by atoms with Gasteiger partial charge in [-0.15, -0.1) is 0 Å². The van der Waals surface area contributed by atoms with E-state index in [1.807, 2.05) is 13.8 Å². The minimum atomic E-state index is -0.398. The number of carbonyl (C=O) groups is 1. The molecule has 0 aliphatic heterocycles. The molecule has 3 heteroatoms. The molecule has 0 aromatic carbocycles. The molecule has 0 saturated heterocycles. The number of fused-ring (bicyclic) bond motifs is 5. The van der Waals surface area contributed by atoms with Crippen molar-refractivity contribution in [2.75, 3.05) is 13.7 Å². The fourth-order valence-corrected chi connectivity index (χ4v) is 4.32. The molecule has 4 atom stereocenters. The lowest BCUT2D eigenvalue weighted by Gasteiger charge is -2.23. The predicted molar refractivity (Wildman–Crippen MR) is 65.4 cm³/mol. The minimum Gasteiger partial charge on any atom is -0.469 e. The maximum Gasteiger partial charge on any atom is 0.312 e. The lowest BCUT2D eigenvalue weighted by molar-refractivity contribution is -0.150. The first-order chi connectivity index (χ1) is 8.04. The molecule has 0 aromatic heterocycles. The van der Waals surface area contributed by atoms with Crippen LogP contribution in [0.25, 0.3) is 0 Å². The average molecular weight is 237 g/mol. The van der Waals surface area contributed by atoms with Gasteiger partial charge in [0, 0.05) is 12.6 Å². The average Bonchev–Trinajstić information content (AvgIpc) is 2.69. The van der Waals surface area contributed by atoms with Crippen LogP contribution in [0.2, 0.25) is 0 Å². The van der Waals surface area contributed by atoms with Gasteiger partial charge in [0.1, 0.15) is 0 Å². The molecule has 0 heterocycles. The molecule has 1 N–H and O–H groups in total. The first-order valence-electron chi connectivity index (χ1n) is 6.86. The van der Waals surface area contributed by atoms with Crippen molar-refractivity contribution < 1.29 is 9.53 Å². The lowest BCUT2D eigenvalue weighted by Crippen LogP contribution is -2.39. The van der Waals surface area contributed by atoms with E-state index >= 15 is 0 Å². The third-order valence-corrected chi connectivity index (χ3v) is 5.25. The summed E-state index contributed by atoms with van der Waals surface area (Å²) >= 11 is 0. The summed E-state index contributed by atoms with van der Waals surface area (Å²) in [6.45, 7) is 4.66. The Bertz CT molecular complexity index is 323. The summed E-state index contributed by atoms with van der Waals surface area (Å²) in [5.74, 6) is 3.73.